The van der Waals surface area contributed by atoms with Crippen molar-refractivity contribution in [3.63, 3.8) is 0 Å². The van der Waals surface area contributed by atoms with Crippen LogP contribution in [0.25, 0.3) is 0 Å². The van der Waals surface area contributed by atoms with Crippen LogP contribution in [0.5, 0.6) is 0 Å². The number of aromatic carboxylic acids is 1. The molecule has 0 bridgehead atoms. The van der Waals surface area contributed by atoms with Crippen molar-refractivity contribution in [2.24, 2.45) is 0 Å². The normalized spacial score (nSPS) is 13.3. The Labute approximate surface area is 118 Å². The molecule has 0 aliphatic heterocycles. The van der Waals surface area contributed by atoms with E-state index in [9.17, 15) is 18.3 Å². The number of sulfone groups is 1. The van der Waals surface area contributed by atoms with Gasteiger partial charge in [0.25, 0.3) is 0 Å². The number of carboxylic acids is 1. The van der Waals surface area contributed by atoms with E-state index in [0.29, 0.717) is 10.0 Å². The Balaban J connectivity index is 3.37. The van der Waals surface area contributed by atoms with Crippen molar-refractivity contribution in [3.8, 4) is 0 Å². The lowest BCUT2D eigenvalue weighted by molar-refractivity contribution is 0.0696. The molecule has 0 aliphatic carbocycles. The van der Waals surface area contributed by atoms with Crippen molar-refractivity contribution >= 4 is 31.7 Å². The zero-order chi connectivity index (χ0) is 14.8. The number of aliphatic hydroxyl groups is 2. The Morgan fingerprint density at radius 1 is 1.42 bits per heavy atom. The predicted molar refractivity (Wildman–Crippen MR) is 71.0 cm³/mol. The van der Waals surface area contributed by atoms with Gasteiger partial charge in [0.15, 0.2) is 9.84 Å². The first kappa shape index (κ1) is 16.1. The molecule has 0 radical (unpaired) electrons. The summed E-state index contributed by atoms with van der Waals surface area (Å²) in [5, 5.41) is 26.8. The molecule has 0 aromatic heterocycles. The van der Waals surface area contributed by atoms with Crippen LogP contribution in [0.3, 0.4) is 0 Å². The second-order valence-corrected chi connectivity index (χ2v) is 6.86. The highest BCUT2D eigenvalue weighted by molar-refractivity contribution is 9.10. The maximum Gasteiger partial charge on any atom is 0.335 e. The van der Waals surface area contributed by atoms with E-state index in [0.717, 1.165) is 6.07 Å². The Morgan fingerprint density at radius 3 is 2.47 bits per heavy atom. The largest absolute Gasteiger partial charge is 0.478 e. The van der Waals surface area contributed by atoms with Gasteiger partial charge in [-0.2, -0.15) is 0 Å². The first-order valence-corrected chi connectivity index (χ1v) is 7.68. The number of halogens is 1. The third-order valence-electron chi connectivity index (χ3n) is 2.50. The van der Waals surface area contributed by atoms with Crippen LogP contribution in [0.4, 0.5) is 0 Å². The van der Waals surface area contributed by atoms with Gasteiger partial charge >= 0.3 is 5.97 Å². The fraction of sp³-hybridized carbons (Fsp3) is 0.364. The molecule has 3 N–H and O–H groups in total. The Bertz CT molecular complexity index is 595. The lowest BCUT2D eigenvalue weighted by atomic mass is 10.1. The molecule has 106 valence electrons. The average Bonchev–Trinajstić information content (AvgIpc) is 2.31. The SMILES string of the molecule is Cc1c(Br)cc(C(=O)O)cc1S(=O)(=O)CC(O)CO. The molecular formula is C11H13BrO6S. The second kappa shape index (κ2) is 6.00. The fourth-order valence-electron chi connectivity index (χ4n) is 1.50. The Kier molecular flexibility index (Phi) is 5.08. The maximum atomic E-state index is 12.1. The molecule has 1 rings (SSSR count). The average molecular weight is 353 g/mol. The van der Waals surface area contributed by atoms with Gasteiger partial charge in [-0.15, -0.1) is 0 Å². The summed E-state index contributed by atoms with van der Waals surface area (Å²) in [6.07, 6.45) is -1.41. The Hall–Kier alpha value is -0.960. The van der Waals surface area contributed by atoms with Gasteiger partial charge in [0, 0.05) is 4.47 Å². The molecule has 0 spiro atoms. The van der Waals surface area contributed by atoms with Crippen LogP contribution in [0.15, 0.2) is 21.5 Å². The lowest BCUT2D eigenvalue weighted by Gasteiger charge is -2.12. The molecule has 0 saturated carbocycles. The maximum absolute atomic E-state index is 12.1. The van der Waals surface area contributed by atoms with Crippen LogP contribution in [0.1, 0.15) is 15.9 Å². The van der Waals surface area contributed by atoms with E-state index in [1.165, 1.54) is 13.0 Å². The van der Waals surface area contributed by atoms with Gasteiger partial charge in [0.1, 0.15) is 0 Å². The number of carboxylic acid groups (broad SMARTS) is 1. The van der Waals surface area contributed by atoms with Gasteiger partial charge < -0.3 is 15.3 Å². The summed E-state index contributed by atoms with van der Waals surface area (Å²) in [6.45, 7) is 0.839. The molecular weight excluding hydrogens is 340 g/mol. The van der Waals surface area contributed by atoms with E-state index in [-0.39, 0.29) is 10.5 Å². The Morgan fingerprint density at radius 2 is 2.00 bits per heavy atom. The quantitative estimate of drug-likeness (QED) is 0.714. The summed E-state index contributed by atoms with van der Waals surface area (Å²) < 4.78 is 24.5. The highest BCUT2D eigenvalue weighted by Crippen LogP contribution is 2.27. The second-order valence-electron chi connectivity index (χ2n) is 4.00. The summed E-state index contributed by atoms with van der Waals surface area (Å²) >= 11 is 3.10. The molecule has 0 fully saturated rings. The molecule has 1 unspecified atom stereocenters. The zero-order valence-corrected chi connectivity index (χ0v) is 12.4. The number of aliphatic hydroxyl groups excluding tert-OH is 2. The van der Waals surface area contributed by atoms with Gasteiger partial charge in [0.05, 0.1) is 28.9 Å². The van der Waals surface area contributed by atoms with Crippen LogP contribution in [0.2, 0.25) is 0 Å². The topological polar surface area (TPSA) is 112 Å². The van der Waals surface area contributed by atoms with Gasteiger partial charge in [-0.25, -0.2) is 13.2 Å². The predicted octanol–water partition coefficient (Wildman–Crippen LogP) is 0.583. The molecule has 0 saturated heterocycles. The van der Waals surface area contributed by atoms with E-state index in [2.05, 4.69) is 15.9 Å². The van der Waals surface area contributed by atoms with E-state index in [1.54, 1.807) is 0 Å². The van der Waals surface area contributed by atoms with Crippen molar-refractivity contribution in [2.45, 2.75) is 17.9 Å². The number of hydrogen-bond donors (Lipinski definition) is 3. The van der Waals surface area contributed by atoms with E-state index >= 15 is 0 Å². The van der Waals surface area contributed by atoms with Crippen LogP contribution in [-0.4, -0.2) is 48.2 Å². The fourth-order valence-corrected chi connectivity index (χ4v) is 3.76. The molecule has 8 heteroatoms. The molecule has 19 heavy (non-hydrogen) atoms. The minimum absolute atomic E-state index is 0.172. The van der Waals surface area contributed by atoms with Gasteiger partial charge in [-0.3, -0.25) is 0 Å². The van der Waals surface area contributed by atoms with Gasteiger partial charge in [0.2, 0.25) is 0 Å². The summed E-state index contributed by atoms with van der Waals surface area (Å²) in [4.78, 5) is 10.7. The van der Waals surface area contributed by atoms with Crippen LogP contribution >= 0.6 is 15.9 Å². The summed E-state index contributed by atoms with van der Waals surface area (Å²) in [5.41, 5.74) is 0.185. The van der Waals surface area contributed by atoms with E-state index < -0.39 is 34.3 Å². The molecule has 0 amide bonds. The first-order valence-electron chi connectivity index (χ1n) is 5.24. The minimum atomic E-state index is -3.88. The lowest BCUT2D eigenvalue weighted by Crippen LogP contribution is -2.25. The highest BCUT2D eigenvalue weighted by atomic mass is 79.9. The number of rotatable bonds is 5. The molecule has 6 nitrogen and oxygen atoms in total. The van der Waals surface area contributed by atoms with E-state index in [4.69, 9.17) is 10.2 Å². The van der Waals surface area contributed by atoms with Crippen LogP contribution in [0, 0.1) is 6.92 Å². The van der Waals surface area contributed by atoms with Crippen molar-refractivity contribution in [1.82, 2.24) is 0 Å². The van der Waals surface area contributed by atoms with Crippen molar-refractivity contribution in [2.75, 3.05) is 12.4 Å². The zero-order valence-electron chi connectivity index (χ0n) is 10.00. The summed E-state index contributed by atoms with van der Waals surface area (Å²) in [5.74, 6) is -1.92. The van der Waals surface area contributed by atoms with Gasteiger partial charge in [-0.1, -0.05) is 15.9 Å². The van der Waals surface area contributed by atoms with Crippen LogP contribution < -0.4 is 0 Å². The van der Waals surface area contributed by atoms with Crippen molar-refractivity contribution in [3.05, 3.63) is 27.7 Å². The minimum Gasteiger partial charge on any atom is -0.478 e. The molecule has 1 aromatic rings. The van der Waals surface area contributed by atoms with Crippen molar-refractivity contribution < 1.29 is 28.5 Å². The smallest absolute Gasteiger partial charge is 0.335 e. The summed E-state index contributed by atoms with van der Waals surface area (Å²) in [6, 6.07) is 2.35. The van der Waals surface area contributed by atoms with Crippen LogP contribution in [-0.2, 0) is 9.84 Å². The number of benzene rings is 1. The third-order valence-corrected chi connectivity index (χ3v) is 5.24. The molecule has 1 aromatic carbocycles. The van der Waals surface area contributed by atoms with Gasteiger partial charge in [-0.05, 0) is 24.6 Å². The monoisotopic (exact) mass is 352 g/mol. The standard InChI is InChI=1S/C11H13BrO6S/c1-6-9(12)2-7(11(15)16)3-10(6)19(17,18)5-8(14)4-13/h2-3,8,13-14H,4-5H2,1H3,(H,15,16). The van der Waals surface area contributed by atoms with E-state index in [1.807, 2.05) is 0 Å². The third kappa shape index (κ3) is 3.75. The molecule has 1 atom stereocenters. The van der Waals surface area contributed by atoms with Crippen molar-refractivity contribution in [1.29, 1.82) is 0 Å². The highest BCUT2D eigenvalue weighted by Gasteiger charge is 2.24. The number of hydrogen-bond acceptors (Lipinski definition) is 5. The number of carbonyl (C=O) groups is 1. The molecule has 0 aliphatic rings. The summed E-state index contributed by atoms with van der Waals surface area (Å²) in [7, 11) is -3.88. The first-order chi connectivity index (χ1) is 8.69. The molecule has 0 heterocycles.